The van der Waals surface area contributed by atoms with Crippen LogP contribution < -0.4 is 5.32 Å². The third-order valence-electron chi connectivity index (χ3n) is 3.81. The predicted octanol–water partition coefficient (Wildman–Crippen LogP) is 4.47. The minimum absolute atomic E-state index is 0.429. The lowest BCUT2D eigenvalue weighted by atomic mass is 10.0. The maximum absolute atomic E-state index is 4.85. The topological polar surface area (TPSA) is 37.3 Å². The number of fused-ring (bicyclic) bond motifs is 1. The van der Waals surface area contributed by atoms with Crippen molar-refractivity contribution in [2.45, 2.75) is 33.2 Å². The zero-order chi connectivity index (χ0) is 14.8. The van der Waals surface area contributed by atoms with Crippen LogP contribution in [0.3, 0.4) is 0 Å². The second-order valence-corrected chi connectivity index (χ2v) is 6.92. The first-order valence-corrected chi connectivity index (χ1v) is 8.46. The summed E-state index contributed by atoms with van der Waals surface area (Å²) in [6, 6.07) is 10.8. The number of para-hydroxylation sites is 1. The SMILES string of the molecule is Cc1ccc2cccc(NC3=NC(C(C)C)CCS3)c2n1. The summed E-state index contributed by atoms with van der Waals surface area (Å²) in [7, 11) is 0. The molecule has 3 rings (SSSR count). The van der Waals surface area contributed by atoms with E-state index in [2.05, 4.69) is 48.4 Å². The fourth-order valence-corrected chi connectivity index (χ4v) is 3.48. The lowest BCUT2D eigenvalue weighted by Crippen LogP contribution is -2.24. The lowest BCUT2D eigenvalue weighted by Gasteiger charge is -2.23. The maximum Gasteiger partial charge on any atom is 0.161 e. The molecule has 1 aromatic heterocycles. The van der Waals surface area contributed by atoms with Gasteiger partial charge in [-0.25, -0.2) is 0 Å². The van der Waals surface area contributed by atoms with Crippen molar-refractivity contribution in [3.63, 3.8) is 0 Å². The summed E-state index contributed by atoms with van der Waals surface area (Å²) < 4.78 is 0. The van der Waals surface area contributed by atoms with Crippen LogP contribution in [0.25, 0.3) is 10.9 Å². The highest BCUT2D eigenvalue weighted by molar-refractivity contribution is 8.14. The van der Waals surface area contributed by atoms with E-state index >= 15 is 0 Å². The number of aromatic nitrogens is 1. The number of hydrogen-bond acceptors (Lipinski definition) is 4. The fourth-order valence-electron chi connectivity index (χ4n) is 2.54. The number of anilines is 1. The fraction of sp³-hybridized carbons (Fsp3) is 0.412. The van der Waals surface area contributed by atoms with E-state index in [1.165, 1.54) is 6.42 Å². The van der Waals surface area contributed by atoms with Crippen molar-refractivity contribution >= 4 is 33.5 Å². The molecule has 1 aliphatic rings. The summed E-state index contributed by atoms with van der Waals surface area (Å²) in [5.74, 6) is 1.72. The van der Waals surface area contributed by atoms with Gasteiger partial charge in [-0.2, -0.15) is 0 Å². The van der Waals surface area contributed by atoms with Gasteiger partial charge in [0.15, 0.2) is 5.17 Å². The number of hydrogen-bond donors (Lipinski definition) is 1. The Bertz CT molecular complexity index is 679. The molecule has 0 spiro atoms. The molecule has 3 nitrogen and oxygen atoms in total. The molecule has 1 N–H and O–H groups in total. The van der Waals surface area contributed by atoms with Gasteiger partial charge in [0, 0.05) is 16.8 Å². The average molecular weight is 299 g/mol. The number of rotatable bonds is 2. The molecule has 1 aliphatic heterocycles. The van der Waals surface area contributed by atoms with Gasteiger partial charge in [-0.05, 0) is 31.4 Å². The highest BCUT2D eigenvalue weighted by atomic mass is 32.2. The van der Waals surface area contributed by atoms with Crippen LogP contribution in [-0.2, 0) is 0 Å². The molecule has 4 heteroatoms. The molecule has 0 saturated carbocycles. The molecular weight excluding hydrogens is 278 g/mol. The molecular formula is C17H21N3S. The number of amidine groups is 1. The Kier molecular flexibility index (Phi) is 4.15. The summed E-state index contributed by atoms with van der Waals surface area (Å²) in [6.07, 6.45) is 1.17. The van der Waals surface area contributed by atoms with E-state index in [0.717, 1.165) is 33.2 Å². The zero-order valence-electron chi connectivity index (χ0n) is 12.8. The van der Waals surface area contributed by atoms with Crippen molar-refractivity contribution < 1.29 is 0 Å². The summed E-state index contributed by atoms with van der Waals surface area (Å²) in [5, 5.41) is 5.67. The van der Waals surface area contributed by atoms with E-state index in [9.17, 15) is 0 Å². The molecule has 0 aliphatic carbocycles. The van der Waals surface area contributed by atoms with Crippen molar-refractivity contribution in [1.82, 2.24) is 4.98 Å². The second kappa shape index (κ2) is 6.06. The van der Waals surface area contributed by atoms with Gasteiger partial charge in [-0.1, -0.05) is 43.8 Å². The lowest BCUT2D eigenvalue weighted by molar-refractivity contribution is 0.485. The third kappa shape index (κ3) is 3.21. The van der Waals surface area contributed by atoms with E-state index in [0.29, 0.717) is 12.0 Å². The Hall–Kier alpha value is -1.55. The normalized spacial score (nSPS) is 18.9. The minimum atomic E-state index is 0.429. The Morgan fingerprint density at radius 2 is 2.10 bits per heavy atom. The monoisotopic (exact) mass is 299 g/mol. The van der Waals surface area contributed by atoms with E-state index in [1.54, 1.807) is 11.8 Å². The Morgan fingerprint density at radius 3 is 2.90 bits per heavy atom. The molecule has 1 unspecified atom stereocenters. The van der Waals surface area contributed by atoms with Crippen molar-refractivity contribution in [3.05, 3.63) is 36.0 Å². The number of aliphatic imine (C=N–C) groups is 1. The first kappa shape index (κ1) is 14.4. The molecule has 110 valence electrons. The van der Waals surface area contributed by atoms with E-state index in [-0.39, 0.29) is 0 Å². The van der Waals surface area contributed by atoms with Crippen LogP contribution in [0.15, 0.2) is 35.3 Å². The smallest absolute Gasteiger partial charge is 0.161 e. The maximum atomic E-state index is 4.85. The molecule has 0 saturated heterocycles. The predicted molar refractivity (Wildman–Crippen MR) is 93.2 cm³/mol. The molecule has 0 amide bonds. The summed E-state index contributed by atoms with van der Waals surface area (Å²) in [5.41, 5.74) is 3.11. The average Bonchev–Trinajstić information content (AvgIpc) is 2.48. The second-order valence-electron chi connectivity index (χ2n) is 5.84. The van der Waals surface area contributed by atoms with Gasteiger partial charge in [0.1, 0.15) is 0 Å². The molecule has 2 aromatic rings. The number of pyridine rings is 1. The standard InChI is InChI=1S/C17H21N3S/c1-11(2)14-9-10-21-17(19-14)20-15-6-4-5-13-8-7-12(3)18-16(13)15/h4-8,11,14H,9-10H2,1-3H3,(H,19,20). The number of benzene rings is 1. The number of aryl methyl sites for hydroxylation is 1. The highest BCUT2D eigenvalue weighted by Crippen LogP contribution is 2.26. The van der Waals surface area contributed by atoms with Gasteiger partial charge in [0.2, 0.25) is 0 Å². The van der Waals surface area contributed by atoms with Gasteiger partial charge in [0.25, 0.3) is 0 Å². The van der Waals surface area contributed by atoms with Crippen LogP contribution in [0.5, 0.6) is 0 Å². The van der Waals surface area contributed by atoms with Crippen LogP contribution in [0, 0.1) is 12.8 Å². The number of nitrogens with one attached hydrogen (secondary N) is 1. The summed E-state index contributed by atoms with van der Waals surface area (Å²) >= 11 is 1.80. The summed E-state index contributed by atoms with van der Waals surface area (Å²) in [6.45, 7) is 6.51. The highest BCUT2D eigenvalue weighted by Gasteiger charge is 2.19. The van der Waals surface area contributed by atoms with Crippen LogP contribution in [0.4, 0.5) is 5.69 Å². The van der Waals surface area contributed by atoms with Crippen molar-refractivity contribution in [3.8, 4) is 0 Å². The Balaban J connectivity index is 1.93. The summed E-state index contributed by atoms with van der Waals surface area (Å²) in [4.78, 5) is 9.52. The van der Waals surface area contributed by atoms with E-state index in [4.69, 9.17) is 4.99 Å². The first-order valence-electron chi connectivity index (χ1n) is 7.47. The molecule has 0 bridgehead atoms. The number of nitrogens with zero attached hydrogens (tertiary/aromatic N) is 2. The molecule has 2 heterocycles. The van der Waals surface area contributed by atoms with Crippen LogP contribution >= 0.6 is 11.8 Å². The van der Waals surface area contributed by atoms with Gasteiger partial charge < -0.3 is 5.32 Å². The van der Waals surface area contributed by atoms with Crippen molar-refractivity contribution in [2.24, 2.45) is 10.9 Å². The van der Waals surface area contributed by atoms with Crippen molar-refractivity contribution in [1.29, 1.82) is 0 Å². The zero-order valence-corrected chi connectivity index (χ0v) is 13.6. The van der Waals surface area contributed by atoms with Gasteiger partial charge >= 0.3 is 0 Å². The Labute approximate surface area is 130 Å². The molecule has 1 atom stereocenters. The third-order valence-corrected chi connectivity index (χ3v) is 4.73. The molecule has 0 radical (unpaired) electrons. The first-order chi connectivity index (χ1) is 10.1. The van der Waals surface area contributed by atoms with Gasteiger partial charge in [0.05, 0.1) is 17.2 Å². The minimum Gasteiger partial charge on any atom is -0.333 e. The van der Waals surface area contributed by atoms with Crippen LogP contribution in [0.1, 0.15) is 26.0 Å². The molecule has 0 fully saturated rings. The van der Waals surface area contributed by atoms with Crippen molar-refractivity contribution in [2.75, 3.05) is 11.1 Å². The molecule has 21 heavy (non-hydrogen) atoms. The largest absolute Gasteiger partial charge is 0.333 e. The van der Waals surface area contributed by atoms with E-state index < -0.39 is 0 Å². The Morgan fingerprint density at radius 1 is 1.24 bits per heavy atom. The van der Waals surface area contributed by atoms with Gasteiger partial charge in [-0.15, -0.1) is 0 Å². The molecule has 1 aromatic carbocycles. The quantitative estimate of drug-likeness (QED) is 0.889. The number of thioether (sulfide) groups is 1. The van der Waals surface area contributed by atoms with Crippen LogP contribution in [-0.4, -0.2) is 21.9 Å². The van der Waals surface area contributed by atoms with Gasteiger partial charge in [-0.3, -0.25) is 9.98 Å². The van der Waals surface area contributed by atoms with Crippen LogP contribution in [0.2, 0.25) is 0 Å². The van der Waals surface area contributed by atoms with E-state index in [1.807, 2.05) is 13.0 Å².